The van der Waals surface area contributed by atoms with Gasteiger partial charge in [0.15, 0.2) is 5.82 Å². The van der Waals surface area contributed by atoms with E-state index in [1.54, 1.807) is 35.4 Å². The third-order valence-corrected chi connectivity index (χ3v) is 6.71. The van der Waals surface area contributed by atoms with Gasteiger partial charge in [-0.2, -0.15) is 5.10 Å². The zero-order valence-corrected chi connectivity index (χ0v) is 19.4. The first-order valence-electron chi connectivity index (χ1n) is 11.0. The second-order valence-electron chi connectivity index (χ2n) is 7.96. The summed E-state index contributed by atoms with van der Waals surface area (Å²) in [6.45, 7) is 4.06. The Morgan fingerprint density at radius 2 is 1.74 bits per heavy atom. The molecule has 1 saturated heterocycles. The molecule has 1 aliphatic heterocycles. The van der Waals surface area contributed by atoms with Crippen LogP contribution in [0.5, 0.6) is 0 Å². The number of piperazine rings is 1. The predicted molar refractivity (Wildman–Crippen MR) is 131 cm³/mol. The summed E-state index contributed by atoms with van der Waals surface area (Å²) in [5, 5.41) is 15.1. The maximum Gasteiger partial charge on any atom is 0.267 e. The van der Waals surface area contributed by atoms with Crippen LogP contribution in [0.1, 0.15) is 13.0 Å². The van der Waals surface area contributed by atoms with Crippen molar-refractivity contribution < 1.29 is 4.79 Å². The Morgan fingerprint density at radius 3 is 2.41 bits per heavy atom. The zero-order chi connectivity index (χ0) is 23.5. The SMILES string of the molecule is CC(C(=O)N1CCN(c2ccc(-c3ccccn3)nn2)CC1)n1nc(-c2cccs2)ccc1=O. The van der Waals surface area contributed by atoms with Crippen LogP contribution in [0.25, 0.3) is 22.0 Å². The summed E-state index contributed by atoms with van der Waals surface area (Å²) in [6, 6.07) is 15.9. The number of hydrogen-bond donors (Lipinski definition) is 0. The lowest BCUT2D eigenvalue weighted by atomic mass is 10.2. The Kier molecular flexibility index (Phi) is 6.13. The van der Waals surface area contributed by atoms with Gasteiger partial charge < -0.3 is 9.80 Å². The van der Waals surface area contributed by atoms with Gasteiger partial charge in [0, 0.05) is 38.4 Å². The monoisotopic (exact) mass is 473 g/mol. The van der Waals surface area contributed by atoms with Crippen molar-refractivity contribution in [3.05, 3.63) is 76.5 Å². The van der Waals surface area contributed by atoms with Gasteiger partial charge in [-0.15, -0.1) is 21.5 Å². The van der Waals surface area contributed by atoms with E-state index >= 15 is 0 Å². The number of anilines is 1. The van der Waals surface area contributed by atoms with Gasteiger partial charge in [0.1, 0.15) is 17.4 Å². The molecule has 4 aromatic rings. The van der Waals surface area contributed by atoms with Crippen LogP contribution in [0.15, 0.2) is 71.0 Å². The van der Waals surface area contributed by atoms with Crippen molar-refractivity contribution in [2.24, 2.45) is 0 Å². The van der Waals surface area contributed by atoms with Crippen LogP contribution in [0.3, 0.4) is 0 Å². The molecule has 5 heterocycles. The van der Waals surface area contributed by atoms with Gasteiger partial charge in [-0.25, -0.2) is 4.68 Å². The minimum Gasteiger partial charge on any atom is -0.352 e. The minimum absolute atomic E-state index is 0.117. The van der Waals surface area contributed by atoms with E-state index in [2.05, 4.69) is 25.2 Å². The van der Waals surface area contributed by atoms with Gasteiger partial charge in [0.25, 0.3) is 5.56 Å². The normalized spacial score (nSPS) is 14.7. The molecule has 0 aromatic carbocycles. The molecule has 34 heavy (non-hydrogen) atoms. The van der Waals surface area contributed by atoms with Gasteiger partial charge in [-0.3, -0.25) is 14.6 Å². The average molecular weight is 474 g/mol. The number of thiophene rings is 1. The standard InChI is InChI=1S/C24H23N7O2S/c1-17(31-23(32)10-8-20(28-31)21-6-4-16-34-21)24(33)30-14-12-29(13-15-30)22-9-7-19(26-27-22)18-5-2-3-11-25-18/h2-11,16-17H,12-15H2,1H3. The number of hydrogen-bond acceptors (Lipinski definition) is 8. The summed E-state index contributed by atoms with van der Waals surface area (Å²) < 4.78 is 1.28. The van der Waals surface area contributed by atoms with E-state index < -0.39 is 6.04 Å². The topological polar surface area (TPSA) is 97.1 Å². The highest BCUT2D eigenvalue weighted by Crippen LogP contribution is 2.22. The molecule has 0 aliphatic carbocycles. The second-order valence-corrected chi connectivity index (χ2v) is 8.91. The van der Waals surface area contributed by atoms with Crippen LogP contribution in [0, 0.1) is 0 Å². The first-order chi connectivity index (χ1) is 16.6. The number of carbonyl (C=O) groups excluding carboxylic acids is 1. The molecule has 0 N–H and O–H groups in total. The summed E-state index contributed by atoms with van der Waals surface area (Å²) in [4.78, 5) is 34.7. The number of carbonyl (C=O) groups is 1. The van der Waals surface area contributed by atoms with E-state index in [-0.39, 0.29) is 11.5 Å². The van der Waals surface area contributed by atoms with E-state index in [0.717, 1.165) is 22.1 Å². The molecule has 0 saturated carbocycles. The molecule has 1 unspecified atom stereocenters. The highest BCUT2D eigenvalue weighted by Gasteiger charge is 2.28. The molecular formula is C24H23N7O2S. The van der Waals surface area contributed by atoms with Gasteiger partial charge >= 0.3 is 0 Å². The first kappa shape index (κ1) is 21.9. The number of amides is 1. The van der Waals surface area contributed by atoms with Crippen molar-refractivity contribution in [2.45, 2.75) is 13.0 Å². The van der Waals surface area contributed by atoms with E-state index in [0.29, 0.717) is 31.9 Å². The fraction of sp³-hybridized carbons (Fsp3) is 0.250. The Morgan fingerprint density at radius 1 is 0.912 bits per heavy atom. The van der Waals surface area contributed by atoms with Crippen molar-refractivity contribution in [3.63, 3.8) is 0 Å². The lowest BCUT2D eigenvalue weighted by Gasteiger charge is -2.36. The molecule has 1 aliphatic rings. The molecule has 5 rings (SSSR count). The lowest BCUT2D eigenvalue weighted by Crippen LogP contribution is -2.51. The third kappa shape index (κ3) is 4.44. The van der Waals surface area contributed by atoms with Gasteiger partial charge in [0.2, 0.25) is 5.91 Å². The summed E-state index contributed by atoms with van der Waals surface area (Å²) in [5.41, 5.74) is 1.89. The van der Waals surface area contributed by atoms with E-state index in [1.165, 1.54) is 10.7 Å². The van der Waals surface area contributed by atoms with Gasteiger partial charge in [-0.05, 0) is 48.7 Å². The molecule has 10 heteroatoms. The molecule has 4 aromatic heterocycles. The van der Waals surface area contributed by atoms with E-state index in [9.17, 15) is 9.59 Å². The molecule has 9 nitrogen and oxygen atoms in total. The van der Waals surface area contributed by atoms with Crippen LogP contribution >= 0.6 is 11.3 Å². The summed E-state index contributed by atoms with van der Waals surface area (Å²) in [7, 11) is 0. The maximum absolute atomic E-state index is 13.2. The smallest absolute Gasteiger partial charge is 0.267 e. The summed E-state index contributed by atoms with van der Waals surface area (Å²) in [6.07, 6.45) is 1.73. The van der Waals surface area contributed by atoms with Crippen LogP contribution in [0.2, 0.25) is 0 Å². The van der Waals surface area contributed by atoms with Gasteiger partial charge in [-0.1, -0.05) is 12.1 Å². The second kappa shape index (κ2) is 9.52. The fourth-order valence-electron chi connectivity index (χ4n) is 3.93. The van der Waals surface area contributed by atoms with Crippen LogP contribution in [-0.2, 0) is 4.79 Å². The summed E-state index contributed by atoms with van der Waals surface area (Å²) >= 11 is 1.54. The molecular weight excluding hydrogens is 450 g/mol. The zero-order valence-electron chi connectivity index (χ0n) is 18.6. The number of aromatic nitrogens is 5. The minimum atomic E-state index is -0.684. The molecule has 0 bridgehead atoms. The average Bonchev–Trinajstić information content (AvgIpc) is 3.44. The molecule has 172 valence electrons. The predicted octanol–water partition coefficient (Wildman–Crippen LogP) is 2.73. The Labute approximate surface area is 200 Å². The third-order valence-electron chi connectivity index (χ3n) is 5.82. The highest BCUT2D eigenvalue weighted by molar-refractivity contribution is 7.13. The highest BCUT2D eigenvalue weighted by atomic mass is 32.1. The van der Waals surface area contributed by atoms with E-state index in [4.69, 9.17) is 0 Å². The molecule has 0 spiro atoms. The van der Waals surface area contributed by atoms with Crippen molar-refractivity contribution >= 4 is 23.1 Å². The number of nitrogens with zero attached hydrogens (tertiary/aromatic N) is 7. The van der Waals surface area contributed by atoms with Crippen molar-refractivity contribution in [1.82, 2.24) is 29.9 Å². The number of rotatable bonds is 5. The fourth-order valence-corrected chi connectivity index (χ4v) is 4.62. The van der Waals surface area contributed by atoms with Crippen LogP contribution < -0.4 is 10.5 Å². The van der Waals surface area contributed by atoms with Crippen molar-refractivity contribution in [1.29, 1.82) is 0 Å². The Bertz CT molecular complexity index is 1320. The van der Waals surface area contributed by atoms with Crippen molar-refractivity contribution in [3.8, 4) is 22.0 Å². The molecule has 0 radical (unpaired) electrons. The lowest BCUT2D eigenvalue weighted by molar-refractivity contribution is -0.135. The first-order valence-corrected chi connectivity index (χ1v) is 11.9. The molecule has 1 fully saturated rings. The maximum atomic E-state index is 13.2. The van der Waals surface area contributed by atoms with E-state index in [1.807, 2.05) is 47.8 Å². The number of pyridine rings is 1. The molecule has 1 atom stereocenters. The molecule has 1 amide bonds. The largest absolute Gasteiger partial charge is 0.352 e. The summed E-state index contributed by atoms with van der Waals surface area (Å²) in [5.74, 6) is 0.649. The van der Waals surface area contributed by atoms with Gasteiger partial charge in [0.05, 0.1) is 10.6 Å². The van der Waals surface area contributed by atoms with Crippen molar-refractivity contribution in [2.75, 3.05) is 31.1 Å². The Balaban J connectivity index is 1.24. The van der Waals surface area contributed by atoms with Crippen LogP contribution in [0.4, 0.5) is 5.82 Å². The Hall–Kier alpha value is -3.92. The van der Waals surface area contributed by atoms with Crippen LogP contribution in [-0.4, -0.2) is 61.9 Å². The quantitative estimate of drug-likeness (QED) is 0.440.